The van der Waals surface area contributed by atoms with Crippen molar-refractivity contribution in [1.29, 1.82) is 0 Å². The highest BCUT2D eigenvalue weighted by Crippen LogP contribution is 2.27. The second-order valence-corrected chi connectivity index (χ2v) is 4.31. The smallest absolute Gasteiger partial charge is 0.269 e. The maximum Gasteiger partial charge on any atom is 0.403 e. The average Bonchev–Trinajstić information content (AvgIpc) is 2.29. The zero-order chi connectivity index (χ0) is 10.9. The first-order chi connectivity index (χ1) is 6.30. The molecule has 1 rings (SSSR count). The van der Waals surface area contributed by atoms with Crippen LogP contribution in [-0.4, -0.2) is 20.8 Å². The van der Waals surface area contributed by atoms with Gasteiger partial charge in [0.1, 0.15) is 4.83 Å². The van der Waals surface area contributed by atoms with Crippen molar-refractivity contribution >= 4 is 27.5 Å². The third kappa shape index (κ3) is 2.88. The molecule has 1 aromatic rings. The molecule has 1 atom stereocenters. The van der Waals surface area contributed by atoms with Gasteiger partial charge in [0.2, 0.25) is 0 Å². The number of hydrogen-bond acceptors (Lipinski definition) is 1. The number of hydrogen-bond donors (Lipinski definition) is 0. The first-order valence-corrected chi connectivity index (χ1v) is 5.00. The van der Waals surface area contributed by atoms with Crippen molar-refractivity contribution in [2.24, 2.45) is 0 Å². The molecule has 0 radical (unpaired) electrons. The lowest BCUT2D eigenvalue weighted by Crippen LogP contribution is -2.27. The maximum absolute atomic E-state index is 12.1. The summed E-state index contributed by atoms with van der Waals surface area (Å²) in [5.41, 5.74) is 0.522. The van der Waals surface area contributed by atoms with Gasteiger partial charge in [0, 0.05) is 6.20 Å². The molecule has 80 valence electrons. The van der Waals surface area contributed by atoms with Gasteiger partial charge in [0.15, 0.2) is 0 Å². The molecule has 0 spiro atoms. The van der Waals surface area contributed by atoms with E-state index in [-0.39, 0.29) is 6.54 Å². The third-order valence-electron chi connectivity index (χ3n) is 1.59. The Morgan fingerprint density at radius 3 is 2.57 bits per heavy atom. The number of nitrogens with zero attached hydrogens (tertiary/aromatic N) is 2. The highest BCUT2D eigenvalue weighted by Gasteiger charge is 2.38. The van der Waals surface area contributed by atoms with E-state index in [2.05, 4.69) is 21.0 Å². The Bertz CT molecular complexity index is 304. The quantitative estimate of drug-likeness (QED) is 0.765. The van der Waals surface area contributed by atoms with E-state index in [0.717, 1.165) is 0 Å². The van der Waals surface area contributed by atoms with Crippen molar-refractivity contribution in [3.63, 3.8) is 0 Å². The SMILES string of the molecule is Cc1nn(CC(Br)C(F)(F)F)cc1Cl. The third-order valence-corrected chi connectivity index (χ3v) is 2.77. The Kier molecular flexibility index (Phi) is 3.47. The molecule has 0 fully saturated rings. The van der Waals surface area contributed by atoms with Gasteiger partial charge < -0.3 is 0 Å². The van der Waals surface area contributed by atoms with Crippen LogP contribution in [0.1, 0.15) is 5.69 Å². The molecule has 0 bridgehead atoms. The standard InChI is InChI=1S/C7H7BrClF3N2/c1-4-5(9)2-14(13-4)3-6(8)7(10,11)12/h2,6H,3H2,1H3. The Morgan fingerprint density at radius 1 is 1.64 bits per heavy atom. The summed E-state index contributed by atoms with van der Waals surface area (Å²) in [6.45, 7) is 1.35. The minimum absolute atomic E-state index is 0.281. The maximum atomic E-state index is 12.1. The average molecular weight is 291 g/mol. The molecular weight excluding hydrogens is 284 g/mol. The van der Waals surface area contributed by atoms with Gasteiger partial charge in [-0.15, -0.1) is 0 Å². The number of rotatable bonds is 2. The van der Waals surface area contributed by atoms with Crippen molar-refractivity contribution in [1.82, 2.24) is 9.78 Å². The fourth-order valence-electron chi connectivity index (χ4n) is 0.855. The van der Waals surface area contributed by atoms with Gasteiger partial charge in [-0.1, -0.05) is 27.5 Å². The molecule has 7 heteroatoms. The summed E-state index contributed by atoms with van der Waals surface area (Å²) in [6.07, 6.45) is -2.90. The van der Waals surface area contributed by atoms with E-state index in [1.54, 1.807) is 6.92 Å². The van der Waals surface area contributed by atoms with Crippen LogP contribution in [0.4, 0.5) is 13.2 Å². The van der Waals surface area contributed by atoms with Gasteiger partial charge in [-0.25, -0.2) is 0 Å². The van der Waals surface area contributed by atoms with Gasteiger partial charge in [-0.3, -0.25) is 4.68 Å². The topological polar surface area (TPSA) is 17.8 Å². The van der Waals surface area contributed by atoms with E-state index in [0.29, 0.717) is 10.7 Å². The lowest BCUT2D eigenvalue weighted by molar-refractivity contribution is -0.129. The second kappa shape index (κ2) is 4.10. The van der Waals surface area contributed by atoms with E-state index in [9.17, 15) is 13.2 Å². The van der Waals surface area contributed by atoms with E-state index < -0.39 is 11.0 Å². The van der Waals surface area contributed by atoms with E-state index >= 15 is 0 Å². The van der Waals surface area contributed by atoms with Crippen LogP contribution in [0.25, 0.3) is 0 Å². The van der Waals surface area contributed by atoms with E-state index in [4.69, 9.17) is 11.6 Å². The summed E-state index contributed by atoms with van der Waals surface area (Å²) in [6, 6.07) is 0. The van der Waals surface area contributed by atoms with Crippen LogP contribution in [-0.2, 0) is 6.54 Å². The molecule has 1 unspecified atom stereocenters. The van der Waals surface area contributed by atoms with Crippen LogP contribution in [0.2, 0.25) is 5.02 Å². The monoisotopic (exact) mass is 290 g/mol. The van der Waals surface area contributed by atoms with Crippen molar-refractivity contribution in [2.45, 2.75) is 24.5 Å². The van der Waals surface area contributed by atoms with Crippen LogP contribution in [0, 0.1) is 6.92 Å². The van der Waals surface area contributed by atoms with Gasteiger partial charge in [0.05, 0.1) is 17.3 Å². The molecule has 0 N–H and O–H groups in total. The largest absolute Gasteiger partial charge is 0.403 e. The minimum Gasteiger partial charge on any atom is -0.269 e. The summed E-state index contributed by atoms with van der Waals surface area (Å²) in [7, 11) is 0. The Balaban J connectivity index is 2.70. The van der Waals surface area contributed by atoms with Crippen LogP contribution in [0.5, 0.6) is 0 Å². The Hall–Kier alpha value is -0.230. The summed E-state index contributed by atoms with van der Waals surface area (Å²) < 4.78 is 37.5. The van der Waals surface area contributed by atoms with Crippen molar-refractivity contribution in [3.05, 3.63) is 16.9 Å². The molecule has 0 aliphatic heterocycles. The van der Waals surface area contributed by atoms with Gasteiger partial charge in [-0.05, 0) is 6.92 Å². The van der Waals surface area contributed by atoms with Crippen LogP contribution in [0.15, 0.2) is 6.20 Å². The molecule has 0 saturated heterocycles. The first-order valence-electron chi connectivity index (χ1n) is 3.71. The normalized spacial score (nSPS) is 14.4. The number of aromatic nitrogens is 2. The van der Waals surface area contributed by atoms with Gasteiger partial charge in [-0.2, -0.15) is 18.3 Å². The lowest BCUT2D eigenvalue weighted by Gasteiger charge is -2.13. The molecule has 1 heterocycles. The molecule has 0 aliphatic rings. The Morgan fingerprint density at radius 2 is 2.21 bits per heavy atom. The summed E-state index contributed by atoms with van der Waals surface area (Å²) in [5.74, 6) is 0. The van der Waals surface area contributed by atoms with Gasteiger partial charge in [0.25, 0.3) is 0 Å². The zero-order valence-corrected chi connectivity index (χ0v) is 9.49. The number of aryl methyl sites for hydroxylation is 1. The Labute approximate surface area is 92.2 Å². The number of alkyl halides is 4. The molecular formula is C7H7BrClF3N2. The second-order valence-electron chi connectivity index (χ2n) is 2.79. The lowest BCUT2D eigenvalue weighted by atomic mass is 10.4. The molecule has 1 aromatic heterocycles. The molecule has 0 amide bonds. The minimum atomic E-state index is -4.27. The molecule has 0 aliphatic carbocycles. The van der Waals surface area contributed by atoms with E-state index in [1.807, 2.05) is 0 Å². The fraction of sp³-hybridized carbons (Fsp3) is 0.571. The molecule has 14 heavy (non-hydrogen) atoms. The number of halogens is 5. The predicted octanol–water partition coefficient (Wildman–Crippen LogP) is 3.17. The summed E-state index contributed by atoms with van der Waals surface area (Å²) in [5, 5.41) is 4.19. The highest BCUT2D eigenvalue weighted by molar-refractivity contribution is 9.09. The summed E-state index contributed by atoms with van der Waals surface area (Å²) in [4.78, 5) is -1.61. The molecule has 2 nitrogen and oxygen atoms in total. The first kappa shape index (κ1) is 11.8. The van der Waals surface area contributed by atoms with Crippen LogP contribution < -0.4 is 0 Å². The fourth-order valence-corrected chi connectivity index (χ4v) is 1.30. The van der Waals surface area contributed by atoms with E-state index in [1.165, 1.54) is 10.9 Å². The van der Waals surface area contributed by atoms with Gasteiger partial charge >= 0.3 is 6.18 Å². The molecule has 0 saturated carbocycles. The predicted molar refractivity (Wildman–Crippen MR) is 50.7 cm³/mol. The molecule has 0 aromatic carbocycles. The van der Waals surface area contributed by atoms with Crippen molar-refractivity contribution < 1.29 is 13.2 Å². The summed E-state index contributed by atoms with van der Waals surface area (Å²) >= 11 is 8.19. The highest BCUT2D eigenvalue weighted by atomic mass is 79.9. The van der Waals surface area contributed by atoms with Crippen LogP contribution in [0.3, 0.4) is 0 Å². The van der Waals surface area contributed by atoms with Crippen molar-refractivity contribution in [3.8, 4) is 0 Å². The van der Waals surface area contributed by atoms with Crippen LogP contribution >= 0.6 is 27.5 Å². The van der Waals surface area contributed by atoms with Crippen molar-refractivity contribution in [2.75, 3.05) is 0 Å². The zero-order valence-electron chi connectivity index (χ0n) is 7.15.